The fraction of sp³-hybridized carbons (Fsp3) is 0.594. The Balaban J connectivity index is 1.01. The zero-order valence-electron chi connectivity index (χ0n) is 23.7. The Morgan fingerprint density at radius 1 is 1.08 bits per heavy atom. The van der Waals surface area contributed by atoms with Gasteiger partial charge in [-0.2, -0.15) is 0 Å². The molecule has 0 aromatic heterocycles. The maximum Gasteiger partial charge on any atom is 0.150 e. The Labute approximate surface area is 232 Å². The van der Waals surface area contributed by atoms with Crippen molar-refractivity contribution in [1.29, 1.82) is 0 Å². The second-order valence-electron chi connectivity index (χ2n) is 12.9. The van der Waals surface area contributed by atoms with Crippen molar-refractivity contribution in [1.82, 2.24) is 9.80 Å². The third kappa shape index (κ3) is 5.04. The number of methoxy groups -OCH3 is 1. The zero-order chi connectivity index (χ0) is 27.2. The van der Waals surface area contributed by atoms with Crippen LogP contribution >= 0.6 is 0 Å². The predicted octanol–water partition coefficient (Wildman–Crippen LogP) is 5.13. The van der Waals surface area contributed by atoms with Crippen molar-refractivity contribution >= 4 is 12.0 Å². The van der Waals surface area contributed by atoms with Crippen LogP contribution in [-0.2, 0) is 12.0 Å². The fourth-order valence-electron chi connectivity index (χ4n) is 7.78. The van der Waals surface area contributed by atoms with E-state index in [1.165, 1.54) is 31.0 Å². The normalized spacial score (nSPS) is 22.1. The lowest BCUT2D eigenvalue weighted by Crippen LogP contribution is -2.51. The van der Waals surface area contributed by atoms with E-state index >= 15 is 0 Å². The van der Waals surface area contributed by atoms with E-state index in [4.69, 9.17) is 9.47 Å². The first-order valence-electron chi connectivity index (χ1n) is 14.5. The molecule has 210 valence electrons. The Kier molecular flexibility index (Phi) is 7.09. The van der Waals surface area contributed by atoms with Crippen molar-refractivity contribution in [2.24, 2.45) is 11.3 Å². The van der Waals surface area contributed by atoms with Crippen molar-refractivity contribution in [3.63, 3.8) is 0 Å². The zero-order valence-corrected chi connectivity index (χ0v) is 23.7. The van der Waals surface area contributed by atoms with Gasteiger partial charge >= 0.3 is 0 Å². The Hall–Kier alpha value is -2.64. The van der Waals surface area contributed by atoms with E-state index in [-0.39, 0.29) is 11.2 Å². The summed E-state index contributed by atoms with van der Waals surface area (Å²) in [5, 5.41) is 0. The molecule has 39 heavy (non-hydrogen) atoms. The molecule has 0 radical (unpaired) electrons. The van der Waals surface area contributed by atoms with Gasteiger partial charge in [-0.25, -0.2) is 4.39 Å². The number of hydrogen-bond acceptors (Lipinski definition) is 6. The molecule has 0 bridgehead atoms. The first kappa shape index (κ1) is 26.6. The maximum absolute atomic E-state index is 14.5. The molecule has 6 rings (SSSR count). The molecule has 1 aliphatic carbocycles. The quantitative estimate of drug-likeness (QED) is 0.458. The lowest BCUT2D eigenvalue weighted by atomic mass is 9.57. The number of nitrogens with zero attached hydrogens (tertiary/aromatic N) is 3. The molecule has 3 heterocycles. The van der Waals surface area contributed by atoms with Crippen LogP contribution in [-0.4, -0.2) is 76.6 Å². The molecule has 2 aromatic rings. The molecule has 4 aliphatic rings. The summed E-state index contributed by atoms with van der Waals surface area (Å²) >= 11 is 0. The highest BCUT2D eigenvalue weighted by Gasteiger charge is 2.48. The number of anilines is 1. The SMILES string of the molecule is COc1ccc(F)c(N2CCC3(CC2)CC(CN2CCC4(CC2)COc2cc(C=O)c(CN(C)C)cc24)C3)c1. The summed E-state index contributed by atoms with van der Waals surface area (Å²) in [5.41, 5.74) is 4.36. The molecule has 0 N–H and O–H groups in total. The maximum atomic E-state index is 14.5. The molecule has 3 fully saturated rings. The lowest BCUT2D eigenvalue weighted by Gasteiger charge is -2.54. The summed E-state index contributed by atoms with van der Waals surface area (Å²) in [5.74, 6) is 2.24. The van der Waals surface area contributed by atoms with Crippen LogP contribution in [0.5, 0.6) is 11.5 Å². The van der Waals surface area contributed by atoms with Crippen LogP contribution in [0, 0.1) is 17.2 Å². The molecule has 2 saturated heterocycles. The highest BCUT2D eigenvalue weighted by atomic mass is 19.1. The standard InChI is InChI=1S/C32H42FN3O3/c1-34(2)20-24-14-27-30(15-25(24)21-37)39-22-32(27)8-10-35(11-9-32)19-23-17-31(18-23)6-12-36(13-7-31)29-16-26(38-3)4-5-28(29)33/h4-5,14-16,21,23H,6-13,17-20,22H2,1-3H3. The van der Waals surface area contributed by atoms with E-state index in [0.29, 0.717) is 16.9 Å². The van der Waals surface area contributed by atoms with Crippen LogP contribution in [0.15, 0.2) is 30.3 Å². The number of likely N-dealkylation sites (tertiary alicyclic amines) is 1. The summed E-state index contributed by atoms with van der Waals surface area (Å²) in [6.07, 6.45) is 8.09. The van der Waals surface area contributed by atoms with E-state index < -0.39 is 0 Å². The van der Waals surface area contributed by atoms with Crippen LogP contribution in [0.25, 0.3) is 0 Å². The Bertz CT molecular complexity index is 1210. The number of carbonyl (C=O) groups excluding carboxylic acids is 1. The van der Waals surface area contributed by atoms with Gasteiger partial charge in [-0.15, -0.1) is 0 Å². The molecule has 6 nitrogen and oxygen atoms in total. The van der Waals surface area contributed by atoms with Crippen molar-refractivity contribution in [3.05, 3.63) is 52.8 Å². The number of halogens is 1. The minimum absolute atomic E-state index is 0.0807. The van der Waals surface area contributed by atoms with Gasteiger partial charge in [0.15, 0.2) is 6.29 Å². The van der Waals surface area contributed by atoms with E-state index in [1.54, 1.807) is 13.2 Å². The first-order valence-corrected chi connectivity index (χ1v) is 14.5. The highest BCUT2D eigenvalue weighted by Crippen LogP contribution is 2.54. The number of piperidine rings is 2. The van der Waals surface area contributed by atoms with Crippen LogP contribution in [0.4, 0.5) is 10.1 Å². The molecule has 0 amide bonds. The minimum atomic E-state index is -0.158. The summed E-state index contributed by atoms with van der Waals surface area (Å²) in [6, 6.07) is 9.25. The van der Waals surface area contributed by atoms with E-state index in [0.717, 1.165) is 94.1 Å². The van der Waals surface area contributed by atoms with Crippen LogP contribution in [0.1, 0.15) is 60.0 Å². The molecule has 1 saturated carbocycles. The second-order valence-corrected chi connectivity index (χ2v) is 12.9. The van der Waals surface area contributed by atoms with Crippen LogP contribution < -0.4 is 14.4 Å². The van der Waals surface area contributed by atoms with E-state index in [1.807, 2.05) is 26.2 Å². The molecular weight excluding hydrogens is 493 g/mol. The highest BCUT2D eigenvalue weighted by molar-refractivity contribution is 5.79. The number of hydrogen-bond donors (Lipinski definition) is 0. The van der Waals surface area contributed by atoms with Gasteiger partial charge in [0, 0.05) is 48.8 Å². The van der Waals surface area contributed by atoms with Gasteiger partial charge < -0.3 is 24.2 Å². The summed E-state index contributed by atoms with van der Waals surface area (Å²) in [7, 11) is 5.72. The van der Waals surface area contributed by atoms with Gasteiger partial charge in [0.25, 0.3) is 0 Å². The molecule has 2 aromatic carbocycles. The smallest absolute Gasteiger partial charge is 0.150 e. The van der Waals surface area contributed by atoms with Crippen LogP contribution in [0.3, 0.4) is 0 Å². The topological polar surface area (TPSA) is 45.3 Å². The average Bonchev–Trinajstić information content (AvgIpc) is 3.25. The Morgan fingerprint density at radius 3 is 2.49 bits per heavy atom. The largest absolute Gasteiger partial charge is 0.497 e. The van der Waals surface area contributed by atoms with Crippen molar-refractivity contribution < 1.29 is 18.7 Å². The molecule has 2 spiro atoms. The Morgan fingerprint density at radius 2 is 1.82 bits per heavy atom. The van der Waals surface area contributed by atoms with Crippen molar-refractivity contribution in [2.75, 3.05) is 65.4 Å². The van der Waals surface area contributed by atoms with Crippen LogP contribution in [0.2, 0.25) is 0 Å². The lowest BCUT2D eigenvalue weighted by molar-refractivity contribution is -0.000726. The third-order valence-electron chi connectivity index (χ3n) is 10.0. The molecule has 0 atom stereocenters. The average molecular weight is 536 g/mol. The number of carbonyl (C=O) groups is 1. The molecule has 0 unspecified atom stereocenters. The van der Waals surface area contributed by atoms with Gasteiger partial charge in [-0.3, -0.25) is 4.79 Å². The number of ether oxygens (including phenoxy) is 2. The predicted molar refractivity (Wildman–Crippen MR) is 152 cm³/mol. The second kappa shape index (κ2) is 10.4. The summed E-state index contributed by atoms with van der Waals surface area (Å²) in [4.78, 5) is 18.7. The van der Waals surface area contributed by atoms with Gasteiger partial charge in [0.2, 0.25) is 0 Å². The third-order valence-corrected chi connectivity index (χ3v) is 10.0. The van der Waals surface area contributed by atoms with Gasteiger partial charge in [-0.05, 0) is 107 Å². The van der Waals surface area contributed by atoms with Crippen molar-refractivity contribution in [2.45, 2.75) is 50.5 Å². The summed E-state index contributed by atoms with van der Waals surface area (Å²) < 4.78 is 25.9. The molecule has 7 heteroatoms. The number of aldehydes is 1. The van der Waals surface area contributed by atoms with Gasteiger partial charge in [0.05, 0.1) is 19.4 Å². The molecule has 3 aliphatic heterocycles. The van der Waals surface area contributed by atoms with E-state index in [2.05, 4.69) is 20.8 Å². The first-order chi connectivity index (χ1) is 18.8. The fourth-order valence-corrected chi connectivity index (χ4v) is 7.78. The summed E-state index contributed by atoms with van der Waals surface area (Å²) in [6.45, 7) is 6.74. The minimum Gasteiger partial charge on any atom is -0.497 e. The number of rotatable bonds is 7. The number of fused-ring (bicyclic) bond motifs is 2. The van der Waals surface area contributed by atoms with Crippen molar-refractivity contribution in [3.8, 4) is 11.5 Å². The molecular formula is C32H42FN3O3. The van der Waals surface area contributed by atoms with Gasteiger partial charge in [0.1, 0.15) is 17.3 Å². The monoisotopic (exact) mass is 535 g/mol. The number of benzene rings is 2. The van der Waals surface area contributed by atoms with E-state index in [9.17, 15) is 9.18 Å². The van der Waals surface area contributed by atoms with Gasteiger partial charge in [-0.1, -0.05) is 0 Å².